The number of rotatable bonds is 1. The first kappa shape index (κ1) is 11.2. The summed E-state index contributed by atoms with van der Waals surface area (Å²) < 4.78 is 1.000. The molecular formula is C11H8IN5O. The number of H-pyrrole nitrogens is 1. The molecule has 3 rings (SSSR count). The van der Waals surface area contributed by atoms with Gasteiger partial charge in [-0.25, -0.2) is 15.0 Å². The number of halogens is 1. The normalized spacial score (nSPS) is 10.9. The number of benzene rings is 1. The molecule has 0 radical (unpaired) electrons. The molecule has 0 spiro atoms. The third kappa shape index (κ3) is 1.76. The second-order valence-electron chi connectivity index (χ2n) is 3.70. The zero-order chi connectivity index (χ0) is 12.7. The zero-order valence-electron chi connectivity index (χ0n) is 9.05. The number of nitrogens with two attached hydrogens (primary N) is 1. The second kappa shape index (κ2) is 4.09. The molecule has 6 nitrogen and oxygen atoms in total. The Hall–Kier alpha value is -1.90. The number of aromatic hydroxyl groups is 1. The van der Waals surface area contributed by atoms with Crippen LogP contribution in [0.15, 0.2) is 24.5 Å². The van der Waals surface area contributed by atoms with Crippen LogP contribution >= 0.6 is 22.6 Å². The van der Waals surface area contributed by atoms with E-state index in [4.69, 9.17) is 5.73 Å². The number of fused-ring (bicyclic) bond motifs is 1. The summed E-state index contributed by atoms with van der Waals surface area (Å²) in [5, 5.41) is 9.85. The van der Waals surface area contributed by atoms with Crippen molar-refractivity contribution in [2.75, 3.05) is 5.73 Å². The molecule has 0 saturated heterocycles. The molecular weight excluding hydrogens is 345 g/mol. The monoisotopic (exact) mass is 353 g/mol. The summed E-state index contributed by atoms with van der Waals surface area (Å²) in [7, 11) is 0. The fourth-order valence-electron chi connectivity index (χ4n) is 1.67. The molecule has 4 N–H and O–H groups in total. The predicted octanol–water partition coefficient (Wildman–Crippen LogP) is 1.91. The molecule has 2 aromatic heterocycles. The van der Waals surface area contributed by atoms with Crippen molar-refractivity contribution >= 4 is 39.6 Å². The smallest absolute Gasteiger partial charge is 0.183 e. The van der Waals surface area contributed by atoms with Crippen LogP contribution in [0.3, 0.4) is 0 Å². The van der Waals surface area contributed by atoms with Crippen molar-refractivity contribution in [1.82, 2.24) is 19.9 Å². The third-order valence-corrected chi connectivity index (χ3v) is 3.20. The number of hydrogen-bond acceptors (Lipinski definition) is 5. The Balaban J connectivity index is 2.26. The van der Waals surface area contributed by atoms with Gasteiger partial charge in [-0.05, 0) is 40.8 Å². The van der Waals surface area contributed by atoms with Gasteiger partial charge in [0.15, 0.2) is 11.5 Å². The van der Waals surface area contributed by atoms with Crippen LogP contribution in [0, 0.1) is 3.57 Å². The first-order valence-corrected chi connectivity index (χ1v) is 6.18. The largest absolute Gasteiger partial charge is 0.507 e. The van der Waals surface area contributed by atoms with Crippen LogP contribution in [-0.4, -0.2) is 25.0 Å². The standard InChI is InChI=1S/C11H8IN5O/c12-5-1-2-7(18)6(3-5)10-16-8-9(13)14-4-15-11(8)17-10/h1-4,18H,(H3,13,14,15,16,17). The van der Waals surface area contributed by atoms with Crippen molar-refractivity contribution in [2.24, 2.45) is 0 Å². The Labute approximate surface area is 115 Å². The molecule has 0 aliphatic rings. The second-order valence-corrected chi connectivity index (χ2v) is 4.95. The van der Waals surface area contributed by atoms with Crippen LogP contribution in [0.25, 0.3) is 22.6 Å². The van der Waals surface area contributed by atoms with Crippen molar-refractivity contribution < 1.29 is 5.11 Å². The lowest BCUT2D eigenvalue weighted by atomic mass is 10.2. The molecule has 2 heterocycles. The van der Waals surface area contributed by atoms with Crippen molar-refractivity contribution in [3.05, 3.63) is 28.1 Å². The van der Waals surface area contributed by atoms with Gasteiger partial charge in [-0.15, -0.1) is 0 Å². The Morgan fingerprint density at radius 3 is 2.89 bits per heavy atom. The van der Waals surface area contributed by atoms with Crippen LogP contribution < -0.4 is 5.73 Å². The summed E-state index contributed by atoms with van der Waals surface area (Å²) in [6, 6.07) is 5.27. The molecule has 18 heavy (non-hydrogen) atoms. The summed E-state index contributed by atoms with van der Waals surface area (Å²) in [4.78, 5) is 15.2. The molecule has 1 aromatic carbocycles. The van der Waals surface area contributed by atoms with Crippen molar-refractivity contribution in [3.63, 3.8) is 0 Å². The summed E-state index contributed by atoms with van der Waals surface area (Å²) in [6.07, 6.45) is 1.36. The third-order valence-electron chi connectivity index (χ3n) is 2.53. The number of nitrogen functional groups attached to an aromatic ring is 1. The van der Waals surface area contributed by atoms with Gasteiger partial charge in [0.2, 0.25) is 0 Å². The van der Waals surface area contributed by atoms with E-state index in [1.165, 1.54) is 6.33 Å². The maximum absolute atomic E-state index is 9.85. The van der Waals surface area contributed by atoms with Gasteiger partial charge in [-0.1, -0.05) is 0 Å². The lowest BCUT2D eigenvalue weighted by molar-refractivity contribution is 0.477. The van der Waals surface area contributed by atoms with Crippen LogP contribution in [0.1, 0.15) is 0 Å². The maximum atomic E-state index is 9.85. The summed E-state index contributed by atoms with van der Waals surface area (Å²) >= 11 is 2.17. The van der Waals surface area contributed by atoms with Crippen LogP contribution in [0.4, 0.5) is 5.82 Å². The summed E-state index contributed by atoms with van der Waals surface area (Å²) in [5.74, 6) is 1.01. The van der Waals surface area contributed by atoms with Crippen molar-refractivity contribution in [1.29, 1.82) is 0 Å². The summed E-state index contributed by atoms with van der Waals surface area (Å²) in [6.45, 7) is 0. The molecule has 0 amide bonds. The quantitative estimate of drug-likeness (QED) is 0.581. The Morgan fingerprint density at radius 2 is 2.11 bits per heavy atom. The molecule has 90 valence electrons. The van der Waals surface area contributed by atoms with E-state index in [-0.39, 0.29) is 5.75 Å². The SMILES string of the molecule is Nc1ncnc2nc(-c3cc(I)ccc3O)[nH]c12. The minimum atomic E-state index is 0.154. The molecule has 0 saturated carbocycles. The van der Waals surface area contributed by atoms with Gasteiger partial charge in [0.25, 0.3) is 0 Å². The highest BCUT2D eigenvalue weighted by Crippen LogP contribution is 2.30. The van der Waals surface area contributed by atoms with Crippen LogP contribution in [0.5, 0.6) is 5.75 Å². The van der Waals surface area contributed by atoms with E-state index in [0.717, 1.165) is 3.57 Å². The fraction of sp³-hybridized carbons (Fsp3) is 0. The number of aromatic nitrogens is 4. The Bertz CT molecular complexity index is 739. The van der Waals surface area contributed by atoms with E-state index in [1.54, 1.807) is 6.07 Å². The molecule has 0 fully saturated rings. The minimum Gasteiger partial charge on any atom is -0.507 e. The van der Waals surface area contributed by atoms with E-state index >= 15 is 0 Å². The molecule has 3 aromatic rings. The summed E-state index contributed by atoms with van der Waals surface area (Å²) in [5.41, 5.74) is 7.40. The Morgan fingerprint density at radius 1 is 1.28 bits per heavy atom. The number of nitrogens with one attached hydrogen (secondary N) is 1. The topological polar surface area (TPSA) is 101 Å². The van der Waals surface area contributed by atoms with Gasteiger partial charge < -0.3 is 15.8 Å². The number of imidazole rings is 1. The van der Waals surface area contributed by atoms with Gasteiger partial charge in [0.1, 0.15) is 23.4 Å². The highest BCUT2D eigenvalue weighted by Gasteiger charge is 2.12. The fourth-order valence-corrected chi connectivity index (χ4v) is 2.16. The van der Waals surface area contributed by atoms with E-state index in [1.807, 2.05) is 12.1 Å². The molecule has 0 bridgehead atoms. The number of phenolic OH excluding ortho intramolecular Hbond substituents is 1. The zero-order valence-corrected chi connectivity index (χ0v) is 11.2. The van der Waals surface area contributed by atoms with Crippen LogP contribution in [-0.2, 0) is 0 Å². The van der Waals surface area contributed by atoms with Crippen molar-refractivity contribution in [3.8, 4) is 17.1 Å². The maximum Gasteiger partial charge on any atom is 0.183 e. The van der Waals surface area contributed by atoms with Crippen molar-refractivity contribution in [2.45, 2.75) is 0 Å². The lowest BCUT2D eigenvalue weighted by Crippen LogP contribution is -1.91. The number of nitrogens with zero attached hydrogens (tertiary/aromatic N) is 3. The molecule has 0 atom stereocenters. The molecule has 0 aliphatic heterocycles. The average molecular weight is 353 g/mol. The lowest BCUT2D eigenvalue weighted by Gasteiger charge is -2.01. The minimum absolute atomic E-state index is 0.154. The molecule has 0 aliphatic carbocycles. The predicted molar refractivity (Wildman–Crippen MR) is 75.9 cm³/mol. The van der Waals surface area contributed by atoms with E-state index < -0.39 is 0 Å². The van der Waals surface area contributed by atoms with Gasteiger partial charge in [0.05, 0.1) is 5.56 Å². The number of anilines is 1. The number of phenols is 1. The van der Waals surface area contributed by atoms with E-state index in [0.29, 0.717) is 28.4 Å². The van der Waals surface area contributed by atoms with Crippen LogP contribution in [0.2, 0.25) is 0 Å². The molecule has 7 heteroatoms. The van der Waals surface area contributed by atoms with Gasteiger partial charge >= 0.3 is 0 Å². The highest BCUT2D eigenvalue weighted by atomic mass is 127. The van der Waals surface area contributed by atoms with Gasteiger partial charge in [0, 0.05) is 3.57 Å². The number of aromatic amines is 1. The van der Waals surface area contributed by atoms with E-state index in [9.17, 15) is 5.11 Å². The Kier molecular flexibility index (Phi) is 2.54. The van der Waals surface area contributed by atoms with Gasteiger partial charge in [-0.2, -0.15) is 0 Å². The van der Waals surface area contributed by atoms with E-state index in [2.05, 4.69) is 42.5 Å². The first-order valence-electron chi connectivity index (χ1n) is 5.10. The molecule has 0 unspecified atom stereocenters. The van der Waals surface area contributed by atoms with Gasteiger partial charge in [-0.3, -0.25) is 0 Å². The highest BCUT2D eigenvalue weighted by molar-refractivity contribution is 14.1. The first-order chi connectivity index (χ1) is 8.65. The average Bonchev–Trinajstić information content (AvgIpc) is 2.77. The number of hydrogen-bond donors (Lipinski definition) is 3.